The third-order valence-corrected chi connectivity index (χ3v) is 4.25. The Morgan fingerprint density at radius 2 is 2.21 bits per heavy atom. The van der Waals surface area contributed by atoms with Crippen LogP contribution in [-0.4, -0.2) is 36.6 Å². The molecule has 2 rings (SSSR count). The summed E-state index contributed by atoms with van der Waals surface area (Å²) < 4.78 is 6.34. The standard InChI is InChI=1S/C14H19BrN2O2/c1-8-11(6-10(15)7-12(8)16)14(18)17(3)13-4-5-19-9(13)2/h6-7,9,13H,4-5,16H2,1-3H3. The molecule has 1 aliphatic rings. The van der Waals surface area contributed by atoms with Crippen LogP contribution in [0.3, 0.4) is 0 Å². The Bertz CT molecular complexity index is 504. The SMILES string of the molecule is Cc1c(N)cc(Br)cc1C(=O)N(C)C1CCOC1C. The Labute approximate surface area is 122 Å². The molecule has 2 atom stereocenters. The van der Waals surface area contributed by atoms with Gasteiger partial charge in [-0.1, -0.05) is 15.9 Å². The third kappa shape index (κ3) is 2.77. The van der Waals surface area contributed by atoms with E-state index in [-0.39, 0.29) is 18.1 Å². The van der Waals surface area contributed by atoms with Crippen molar-refractivity contribution in [2.24, 2.45) is 0 Å². The lowest BCUT2D eigenvalue weighted by Crippen LogP contribution is -2.41. The molecule has 19 heavy (non-hydrogen) atoms. The molecule has 1 fully saturated rings. The highest BCUT2D eigenvalue weighted by atomic mass is 79.9. The fourth-order valence-electron chi connectivity index (χ4n) is 2.49. The number of nitrogen functional groups attached to an aromatic ring is 1. The molecule has 1 aromatic rings. The van der Waals surface area contributed by atoms with Gasteiger partial charge in [-0.05, 0) is 38.0 Å². The van der Waals surface area contributed by atoms with Crippen molar-refractivity contribution in [1.82, 2.24) is 4.90 Å². The number of nitrogens with zero attached hydrogens (tertiary/aromatic N) is 1. The number of carbonyl (C=O) groups excluding carboxylic acids is 1. The molecular weight excluding hydrogens is 308 g/mol. The Morgan fingerprint density at radius 3 is 2.79 bits per heavy atom. The number of anilines is 1. The first-order valence-corrected chi connectivity index (χ1v) is 7.15. The number of nitrogens with two attached hydrogens (primary N) is 1. The van der Waals surface area contributed by atoms with Crippen molar-refractivity contribution >= 4 is 27.5 Å². The highest BCUT2D eigenvalue weighted by molar-refractivity contribution is 9.10. The van der Waals surface area contributed by atoms with E-state index >= 15 is 0 Å². The highest BCUT2D eigenvalue weighted by Gasteiger charge is 2.31. The van der Waals surface area contributed by atoms with Crippen molar-refractivity contribution in [2.45, 2.75) is 32.4 Å². The zero-order valence-corrected chi connectivity index (χ0v) is 13.0. The molecule has 4 nitrogen and oxygen atoms in total. The van der Waals surface area contributed by atoms with E-state index in [1.54, 1.807) is 4.90 Å². The van der Waals surface area contributed by atoms with Crippen molar-refractivity contribution in [2.75, 3.05) is 19.4 Å². The normalized spacial score (nSPS) is 22.5. The van der Waals surface area contributed by atoms with Crippen LogP contribution in [-0.2, 0) is 4.74 Å². The molecule has 1 amide bonds. The van der Waals surface area contributed by atoms with E-state index in [1.807, 2.05) is 33.0 Å². The lowest BCUT2D eigenvalue weighted by atomic mass is 10.0. The summed E-state index contributed by atoms with van der Waals surface area (Å²) in [4.78, 5) is 14.4. The Morgan fingerprint density at radius 1 is 1.53 bits per heavy atom. The molecule has 1 aromatic carbocycles. The number of rotatable bonds is 2. The topological polar surface area (TPSA) is 55.6 Å². The summed E-state index contributed by atoms with van der Waals surface area (Å²) in [5.74, 6) is -0.00662. The molecule has 0 aliphatic carbocycles. The first-order valence-electron chi connectivity index (χ1n) is 6.36. The van der Waals surface area contributed by atoms with E-state index in [0.29, 0.717) is 17.9 Å². The first-order chi connectivity index (χ1) is 8.91. The van der Waals surface area contributed by atoms with Gasteiger partial charge >= 0.3 is 0 Å². The van der Waals surface area contributed by atoms with Gasteiger partial charge in [0.15, 0.2) is 0 Å². The molecule has 1 aliphatic heterocycles. The minimum atomic E-state index is -0.00662. The molecule has 5 heteroatoms. The molecule has 2 unspecified atom stereocenters. The zero-order chi connectivity index (χ0) is 14.2. The van der Waals surface area contributed by atoms with Crippen LogP contribution in [0, 0.1) is 6.92 Å². The van der Waals surface area contributed by atoms with Crippen molar-refractivity contribution < 1.29 is 9.53 Å². The summed E-state index contributed by atoms with van der Waals surface area (Å²) in [7, 11) is 1.83. The van der Waals surface area contributed by atoms with Crippen molar-refractivity contribution in [3.05, 3.63) is 27.7 Å². The van der Waals surface area contributed by atoms with Gasteiger partial charge in [0.05, 0.1) is 12.1 Å². The Kier molecular flexibility index (Phi) is 4.16. The second kappa shape index (κ2) is 5.51. The number of carbonyl (C=O) groups is 1. The average molecular weight is 327 g/mol. The molecule has 1 heterocycles. The molecule has 104 valence electrons. The van der Waals surface area contributed by atoms with Crippen LogP contribution in [0.25, 0.3) is 0 Å². The molecular formula is C14H19BrN2O2. The number of amides is 1. The van der Waals surface area contributed by atoms with Gasteiger partial charge in [-0.2, -0.15) is 0 Å². The van der Waals surface area contributed by atoms with E-state index in [0.717, 1.165) is 16.5 Å². The summed E-state index contributed by atoms with van der Waals surface area (Å²) in [6.45, 7) is 4.59. The molecule has 0 spiro atoms. The van der Waals surface area contributed by atoms with Crippen molar-refractivity contribution in [3.8, 4) is 0 Å². The molecule has 1 saturated heterocycles. The number of hydrogen-bond acceptors (Lipinski definition) is 3. The molecule has 0 bridgehead atoms. The lowest BCUT2D eigenvalue weighted by molar-refractivity contribution is 0.0574. The summed E-state index contributed by atoms with van der Waals surface area (Å²) >= 11 is 3.38. The summed E-state index contributed by atoms with van der Waals surface area (Å²) in [5.41, 5.74) is 8.01. The van der Waals surface area contributed by atoms with Gasteiger partial charge in [0.25, 0.3) is 5.91 Å². The number of halogens is 1. The average Bonchev–Trinajstić information content (AvgIpc) is 2.78. The fraction of sp³-hybridized carbons (Fsp3) is 0.500. The predicted octanol–water partition coefficient (Wildman–Crippen LogP) is 2.59. The maximum Gasteiger partial charge on any atom is 0.254 e. The molecule has 0 radical (unpaired) electrons. The summed E-state index contributed by atoms with van der Waals surface area (Å²) in [6, 6.07) is 3.77. The van der Waals surface area contributed by atoms with Crippen LogP contribution >= 0.6 is 15.9 Å². The van der Waals surface area contributed by atoms with E-state index < -0.39 is 0 Å². The van der Waals surface area contributed by atoms with Crippen LogP contribution in [0.1, 0.15) is 29.3 Å². The minimum Gasteiger partial charge on any atom is -0.398 e. The molecule has 0 saturated carbocycles. The van der Waals surface area contributed by atoms with Gasteiger partial charge in [0, 0.05) is 29.4 Å². The number of likely N-dealkylation sites (N-methyl/N-ethyl adjacent to an activating group) is 1. The van der Waals surface area contributed by atoms with Crippen molar-refractivity contribution in [3.63, 3.8) is 0 Å². The van der Waals surface area contributed by atoms with Gasteiger partial charge in [0.1, 0.15) is 0 Å². The zero-order valence-electron chi connectivity index (χ0n) is 11.4. The second-order valence-electron chi connectivity index (χ2n) is 5.02. The number of ether oxygens (including phenoxy) is 1. The number of benzene rings is 1. The first kappa shape index (κ1) is 14.3. The van der Waals surface area contributed by atoms with E-state index in [1.165, 1.54) is 0 Å². The Hall–Kier alpha value is -1.07. The van der Waals surface area contributed by atoms with Gasteiger partial charge < -0.3 is 15.4 Å². The fourth-order valence-corrected chi connectivity index (χ4v) is 2.97. The lowest BCUT2D eigenvalue weighted by Gasteiger charge is -2.27. The largest absolute Gasteiger partial charge is 0.398 e. The smallest absolute Gasteiger partial charge is 0.254 e. The van der Waals surface area contributed by atoms with E-state index in [2.05, 4.69) is 15.9 Å². The Balaban J connectivity index is 2.29. The van der Waals surface area contributed by atoms with Crippen LogP contribution in [0.4, 0.5) is 5.69 Å². The third-order valence-electron chi connectivity index (χ3n) is 3.80. The monoisotopic (exact) mass is 326 g/mol. The van der Waals surface area contributed by atoms with E-state index in [9.17, 15) is 4.79 Å². The molecule has 2 N–H and O–H groups in total. The van der Waals surface area contributed by atoms with Gasteiger partial charge in [-0.25, -0.2) is 0 Å². The quantitative estimate of drug-likeness (QED) is 0.850. The maximum absolute atomic E-state index is 12.6. The molecule has 0 aromatic heterocycles. The second-order valence-corrected chi connectivity index (χ2v) is 5.93. The van der Waals surface area contributed by atoms with Crippen LogP contribution in [0.2, 0.25) is 0 Å². The maximum atomic E-state index is 12.6. The van der Waals surface area contributed by atoms with Gasteiger partial charge in [-0.15, -0.1) is 0 Å². The summed E-state index contributed by atoms with van der Waals surface area (Å²) in [6.07, 6.45) is 0.963. The van der Waals surface area contributed by atoms with Gasteiger partial charge in [-0.3, -0.25) is 4.79 Å². The van der Waals surface area contributed by atoms with E-state index in [4.69, 9.17) is 10.5 Å². The summed E-state index contributed by atoms with van der Waals surface area (Å²) in [5, 5.41) is 0. The van der Waals surface area contributed by atoms with Crippen LogP contribution in [0.5, 0.6) is 0 Å². The minimum absolute atomic E-state index is 0.00662. The van der Waals surface area contributed by atoms with Crippen LogP contribution in [0.15, 0.2) is 16.6 Å². The number of hydrogen-bond donors (Lipinski definition) is 1. The predicted molar refractivity (Wildman–Crippen MR) is 79.2 cm³/mol. The van der Waals surface area contributed by atoms with Gasteiger partial charge in [0.2, 0.25) is 0 Å². The van der Waals surface area contributed by atoms with Crippen molar-refractivity contribution in [1.29, 1.82) is 0 Å². The van der Waals surface area contributed by atoms with Crippen LogP contribution < -0.4 is 5.73 Å². The highest BCUT2D eigenvalue weighted by Crippen LogP contribution is 2.26.